The number of unbranched alkanes of at least 4 members (excludes halogenated alkanes) is 1. The predicted molar refractivity (Wildman–Crippen MR) is 68.1 cm³/mol. The van der Waals surface area contributed by atoms with E-state index >= 15 is 0 Å². The van der Waals surface area contributed by atoms with E-state index in [1.54, 1.807) is 0 Å². The van der Waals surface area contributed by atoms with Gasteiger partial charge >= 0.3 is 0 Å². The fourth-order valence-electron chi connectivity index (χ4n) is 1.87. The zero-order chi connectivity index (χ0) is 11.4. The van der Waals surface area contributed by atoms with Gasteiger partial charge in [-0.3, -0.25) is 0 Å². The van der Waals surface area contributed by atoms with Gasteiger partial charge in [-0.15, -0.1) is 0 Å². The largest absolute Gasteiger partial charge is 0.494 e. The molecule has 0 amide bonds. The molecule has 0 saturated heterocycles. The van der Waals surface area contributed by atoms with Crippen molar-refractivity contribution in [2.45, 2.75) is 33.1 Å². The first-order valence-corrected chi connectivity index (χ1v) is 6.08. The van der Waals surface area contributed by atoms with E-state index < -0.39 is 0 Å². The van der Waals surface area contributed by atoms with Crippen LogP contribution in [0.25, 0.3) is 10.9 Å². The quantitative estimate of drug-likeness (QED) is 0.755. The lowest BCUT2D eigenvalue weighted by Gasteiger charge is -2.05. The first kappa shape index (κ1) is 11.1. The van der Waals surface area contributed by atoms with Gasteiger partial charge in [-0.05, 0) is 36.6 Å². The predicted octanol–water partition coefficient (Wildman–Crippen LogP) is 3.91. The van der Waals surface area contributed by atoms with Crippen molar-refractivity contribution < 1.29 is 4.74 Å². The average molecular weight is 217 g/mol. The smallest absolute Gasteiger partial charge is 0.120 e. The van der Waals surface area contributed by atoms with Gasteiger partial charge in [0.15, 0.2) is 0 Å². The number of aromatic amines is 1. The Morgan fingerprint density at radius 3 is 2.88 bits per heavy atom. The molecule has 0 radical (unpaired) electrons. The number of aromatic nitrogens is 1. The lowest BCUT2D eigenvalue weighted by Crippen LogP contribution is -1.95. The third-order valence-corrected chi connectivity index (χ3v) is 2.89. The van der Waals surface area contributed by atoms with Gasteiger partial charge in [-0.1, -0.05) is 20.3 Å². The van der Waals surface area contributed by atoms with Crippen LogP contribution in [-0.2, 0) is 6.42 Å². The van der Waals surface area contributed by atoms with E-state index in [0.29, 0.717) is 0 Å². The van der Waals surface area contributed by atoms with Gasteiger partial charge in [0.25, 0.3) is 0 Å². The zero-order valence-electron chi connectivity index (χ0n) is 10.0. The Labute approximate surface area is 96.6 Å². The number of H-pyrrole nitrogens is 1. The summed E-state index contributed by atoms with van der Waals surface area (Å²) in [5.74, 6) is 0.982. The number of nitrogens with one attached hydrogen (secondary N) is 1. The molecule has 0 aliphatic heterocycles. The van der Waals surface area contributed by atoms with Gasteiger partial charge in [0.05, 0.1) is 6.61 Å². The highest BCUT2D eigenvalue weighted by atomic mass is 16.5. The van der Waals surface area contributed by atoms with Crippen molar-refractivity contribution in [2.75, 3.05) is 6.61 Å². The molecule has 0 spiro atoms. The van der Waals surface area contributed by atoms with E-state index in [0.717, 1.165) is 25.2 Å². The van der Waals surface area contributed by atoms with Crippen molar-refractivity contribution in [1.82, 2.24) is 4.98 Å². The van der Waals surface area contributed by atoms with E-state index in [4.69, 9.17) is 4.74 Å². The second-order valence-electron chi connectivity index (χ2n) is 4.08. The van der Waals surface area contributed by atoms with Crippen molar-refractivity contribution >= 4 is 10.9 Å². The number of ether oxygens (including phenoxy) is 1. The van der Waals surface area contributed by atoms with Crippen molar-refractivity contribution in [3.05, 3.63) is 30.0 Å². The molecule has 1 aromatic heterocycles. The van der Waals surface area contributed by atoms with Crippen LogP contribution in [0.1, 0.15) is 32.3 Å². The summed E-state index contributed by atoms with van der Waals surface area (Å²) >= 11 is 0. The molecule has 86 valence electrons. The number of benzene rings is 1. The van der Waals surface area contributed by atoms with E-state index in [1.807, 2.05) is 6.07 Å². The molecule has 0 saturated carbocycles. The van der Waals surface area contributed by atoms with Crippen molar-refractivity contribution in [3.8, 4) is 5.75 Å². The molecule has 0 fully saturated rings. The highest BCUT2D eigenvalue weighted by Gasteiger charge is 2.03. The summed E-state index contributed by atoms with van der Waals surface area (Å²) < 4.78 is 5.71. The molecule has 0 unspecified atom stereocenters. The summed E-state index contributed by atoms with van der Waals surface area (Å²) in [5, 5.41) is 1.29. The van der Waals surface area contributed by atoms with Crippen molar-refractivity contribution in [3.63, 3.8) is 0 Å². The van der Waals surface area contributed by atoms with Crippen molar-refractivity contribution in [2.24, 2.45) is 0 Å². The van der Waals surface area contributed by atoms with Crippen LogP contribution in [-0.4, -0.2) is 11.6 Å². The van der Waals surface area contributed by atoms with Crippen LogP contribution in [0.2, 0.25) is 0 Å². The number of rotatable bonds is 5. The van der Waals surface area contributed by atoms with Gasteiger partial charge in [0, 0.05) is 17.1 Å². The normalized spacial score (nSPS) is 10.9. The Morgan fingerprint density at radius 1 is 1.25 bits per heavy atom. The minimum Gasteiger partial charge on any atom is -0.494 e. The first-order valence-electron chi connectivity index (χ1n) is 6.08. The minimum atomic E-state index is 0.813. The summed E-state index contributed by atoms with van der Waals surface area (Å²) in [6, 6.07) is 6.27. The number of hydrogen-bond donors (Lipinski definition) is 1. The molecule has 0 atom stereocenters. The molecule has 0 aliphatic rings. The molecule has 2 nitrogen and oxygen atoms in total. The number of fused-ring (bicyclic) bond motifs is 1. The molecule has 1 N–H and O–H groups in total. The summed E-state index contributed by atoms with van der Waals surface area (Å²) in [6.07, 6.45) is 5.43. The SMILES string of the molecule is CCCCOc1ccc2[nH]cc(CC)c2c1. The monoisotopic (exact) mass is 217 g/mol. The highest BCUT2D eigenvalue weighted by Crippen LogP contribution is 2.24. The van der Waals surface area contributed by atoms with E-state index in [1.165, 1.54) is 22.9 Å². The molecular formula is C14H19NO. The van der Waals surface area contributed by atoms with E-state index in [9.17, 15) is 0 Å². The highest BCUT2D eigenvalue weighted by molar-refractivity contribution is 5.84. The maximum atomic E-state index is 5.71. The Bertz CT molecular complexity index is 459. The lowest BCUT2D eigenvalue weighted by atomic mass is 10.1. The maximum absolute atomic E-state index is 5.71. The zero-order valence-corrected chi connectivity index (χ0v) is 10.0. The molecular weight excluding hydrogens is 198 g/mol. The molecule has 2 rings (SSSR count). The van der Waals surface area contributed by atoms with Crippen LogP contribution < -0.4 is 4.74 Å². The van der Waals surface area contributed by atoms with Crippen LogP contribution >= 0.6 is 0 Å². The first-order chi connectivity index (χ1) is 7.85. The van der Waals surface area contributed by atoms with Crippen LogP contribution in [0.4, 0.5) is 0 Å². The second kappa shape index (κ2) is 5.06. The van der Waals surface area contributed by atoms with Gasteiger partial charge in [-0.25, -0.2) is 0 Å². The third kappa shape index (κ3) is 2.21. The van der Waals surface area contributed by atoms with E-state index in [-0.39, 0.29) is 0 Å². The van der Waals surface area contributed by atoms with Gasteiger partial charge in [-0.2, -0.15) is 0 Å². The summed E-state index contributed by atoms with van der Waals surface area (Å²) in [7, 11) is 0. The lowest BCUT2D eigenvalue weighted by molar-refractivity contribution is 0.310. The Balaban J connectivity index is 2.20. The summed E-state index contributed by atoms with van der Waals surface area (Å²) in [6.45, 7) is 5.16. The van der Waals surface area contributed by atoms with Gasteiger partial charge in [0.2, 0.25) is 0 Å². The molecule has 0 bridgehead atoms. The average Bonchev–Trinajstić information content (AvgIpc) is 2.71. The molecule has 2 heteroatoms. The van der Waals surface area contributed by atoms with Crippen molar-refractivity contribution in [1.29, 1.82) is 0 Å². The Morgan fingerprint density at radius 2 is 2.12 bits per heavy atom. The topological polar surface area (TPSA) is 25.0 Å². The number of hydrogen-bond acceptors (Lipinski definition) is 1. The molecule has 0 aliphatic carbocycles. The van der Waals surface area contributed by atoms with Gasteiger partial charge < -0.3 is 9.72 Å². The molecule has 2 aromatic rings. The number of aryl methyl sites for hydroxylation is 1. The second-order valence-corrected chi connectivity index (χ2v) is 4.08. The van der Waals surface area contributed by atoms with Crippen LogP contribution in [0.3, 0.4) is 0 Å². The fourth-order valence-corrected chi connectivity index (χ4v) is 1.87. The molecule has 16 heavy (non-hydrogen) atoms. The van der Waals surface area contributed by atoms with Crippen LogP contribution in [0.5, 0.6) is 5.75 Å². The summed E-state index contributed by atoms with van der Waals surface area (Å²) in [4.78, 5) is 3.28. The van der Waals surface area contributed by atoms with Crippen LogP contribution in [0, 0.1) is 0 Å². The fraction of sp³-hybridized carbons (Fsp3) is 0.429. The summed E-state index contributed by atoms with van der Waals surface area (Å²) in [5.41, 5.74) is 2.55. The molecule has 1 aromatic carbocycles. The molecule has 1 heterocycles. The van der Waals surface area contributed by atoms with Crippen LogP contribution in [0.15, 0.2) is 24.4 Å². The Kier molecular flexibility index (Phi) is 3.50. The third-order valence-electron chi connectivity index (χ3n) is 2.89. The van der Waals surface area contributed by atoms with E-state index in [2.05, 4.69) is 37.2 Å². The maximum Gasteiger partial charge on any atom is 0.120 e. The Hall–Kier alpha value is -1.44. The minimum absolute atomic E-state index is 0.813. The van der Waals surface area contributed by atoms with Gasteiger partial charge in [0.1, 0.15) is 5.75 Å². The standard InChI is InChI=1S/C14H19NO/c1-3-5-8-16-12-6-7-14-13(9-12)11(4-2)10-15-14/h6-7,9-10,15H,3-5,8H2,1-2H3.